The molecular weight excluding hydrogens is 306 g/mol. The van der Waals surface area contributed by atoms with Gasteiger partial charge in [-0.2, -0.15) is 5.10 Å². The van der Waals surface area contributed by atoms with Crippen molar-refractivity contribution >= 4 is 11.7 Å². The molecule has 1 amide bonds. The number of amides is 1. The number of H-pyrrole nitrogens is 1. The standard InChI is InChI=1S/C17H21N5O2/c1-9-7-12-14(10(2)24-9)20-21-15(12)17(23)22-6-4-11-3-5-19-16(18)13(11)8-22/h3,5,9-10H,4,6-8H2,1-2H3,(H2,18,19)(H,20,21)/t9-,10+/m1/s1. The third-order valence-corrected chi connectivity index (χ3v) is 4.91. The van der Waals surface area contributed by atoms with E-state index in [2.05, 4.69) is 15.2 Å². The molecule has 24 heavy (non-hydrogen) atoms. The Morgan fingerprint density at radius 1 is 1.42 bits per heavy atom. The number of anilines is 1. The van der Waals surface area contributed by atoms with Gasteiger partial charge in [-0.05, 0) is 31.9 Å². The highest BCUT2D eigenvalue weighted by Crippen LogP contribution is 2.31. The van der Waals surface area contributed by atoms with E-state index in [1.807, 2.05) is 24.8 Å². The van der Waals surface area contributed by atoms with Crippen molar-refractivity contribution in [3.8, 4) is 0 Å². The number of aromatic amines is 1. The predicted molar refractivity (Wildman–Crippen MR) is 88.3 cm³/mol. The lowest BCUT2D eigenvalue weighted by Gasteiger charge is -2.30. The van der Waals surface area contributed by atoms with E-state index in [1.165, 1.54) is 5.56 Å². The number of nitrogens with two attached hydrogens (primary N) is 1. The van der Waals surface area contributed by atoms with Gasteiger partial charge in [0.15, 0.2) is 5.69 Å². The van der Waals surface area contributed by atoms with Crippen LogP contribution in [0.1, 0.15) is 52.8 Å². The molecule has 0 bridgehead atoms. The molecule has 0 saturated heterocycles. The molecule has 2 aliphatic heterocycles. The Kier molecular flexibility index (Phi) is 3.53. The second-order valence-electron chi connectivity index (χ2n) is 6.57. The minimum atomic E-state index is -0.0697. The van der Waals surface area contributed by atoms with E-state index in [-0.39, 0.29) is 18.1 Å². The van der Waals surface area contributed by atoms with Crippen molar-refractivity contribution in [2.24, 2.45) is 0 Å². The topological polar surface area (TPSA) is 97.1 Å². The molecule has 0 radical (unpaired) electrons. The quantitative estimate of drug-likeness (QED) is 0.829. The minimum Gasteiger partial charge on any atom is -0.383 e. The minimum absolute atomic E-state index is 0.0531. The summed E-state index contributed by atoms with van der Waals surface area (Å²) < 4.78 is 5.79. The first-order valence-electron chi connectivity index (χ1n) is 8.28. The van der Waals surface area contributed by atoms with Gasteiger partial charge in [-0.15, -0.1) is 0 Å². The molecule has 4 rings (SSSR count). The maximum absolute atomic E-state index is 13.0. The van der Waals surface area contributed by atoms with Crippen molar-refractivity contribution < 1.29 is 9.53 Å². The van der Waals surface area contributed by atoms with Crippen LogP contribution in [0.25, 0.3) is 0 Å². The third kappa shape index (κ3) is 2.36. The van der Waals surface area contributed by atoms with Crippen molar-refractivity contribution in [1.29, 1.82) is 0 Å². The third-order valence-electron chi connectivity index (χ3n) is 4.91. The SMILES string of the molecule is C[C@@H]1Cc2c(C(=O)N3CCc4ccnc(N)c4C3)n[nH]c2[C@H](C)O1. The Morgan fingerprint density at radius 2 is 2.25 bits per heavy atom. The molecule has 7 heteroatoms. The second kappa shape index (κ2) is 5.59. The Bertz CT molecular complexity index is 800. The molecule has 0 aromatic carbocycles. The van der Waals surface area contributed by atoms with Crippen LogP contribution in [0.15, 0.2) is 12.3 Å². The summed E-state index contributed by atoms with van der Waals surface area (Å²) in [6.45, 7) is 5.14. The molecule has 0 aliphatic carbocycles. The largest absolute Gasteiger partial charge is 0.383 e. The summed E-state index contributed by atoms with van der Waals surface area (Å²) in [5, 5.41) is 7.28. The number of hydrogen-bond donors (Lipinski definition) is 2. The molecule has 0 fully saturated rings. The smallest absolute Gasteiger partial charge is 0.274 e. The van der Waals surface area contributed by atoms with E-state index in [0.29, 0.717) is 31.0 Å². The van der Waals surface area contributed by atoms with Crippen molar-refractivity contribution in [3.63, 3.8) is 0 Å². The van der Waals surface area contributed by atoms with E-state index in [0.717, 1.165) is 23.2 Å². The number of hydrogen-bond acceptors (Lipinski definition) is 5. The summed E-state index contributed by atoms with van der Waals surface area (Å²) in [6, 6.07) is 1.98. The number of carbonyl (C=O) groups is 1. The number of pyridine rings is 1. The van der Waals surface area contributed by atoms with Gasteiger partial charge in [-0.25, -0.2) is 4.98 Å². The van der Waals surface area contributed by atoms with Gasteiger partial charge in [-0.3, -0.25) is 9.89 Å². The maximum Gasteiger partial charge on any atom is 0.274 e. The number of nitrogens with zero attached hydrogens (tertiary/aromatic N) is 3. The first-order chi connectivity index (χ1) is 11.5. The van der Waals surface area contributed by atoms with Crippen LogP contribution in [0.5, 0.6) is 0 Å². The summed E-state index contributed by atoms with van der Waals surface area (Å²) in [4.78, 5) is 19.0. The van der Waals surface area contributed by atoms with Gasteiger partial charge >= 0.3 is 0 Å². The molecule has 0 saturated carbocycles. The number of aromatic nitrogens is 3. The van der Waals surface area contributed by atoms with Gasteiger partial charge in [0.2, 0.25) is 0 Å². The Balaban J connectivity index is 1.63. The molecule has 0 unspecified atom stereocenters. The fraction of sp³-hybridized carbons (Fsp3) is 0.471. The Morgan fingerprint density at radius 3 is 3.08 bits per heavy atom. The van der Waals surface area contributed by atoms with Crippen LogP contribution in [0.3, 0.4) is 0 Å². The Labute approximate surface area is 140 Å². The highest BCUT2D eigenvalue weighted by molar-refractivity contribution is 5.94. The average Bonchev–Trinajstić information content (AvgIpc) is 2.98. The van der Waals surface area contributed by atoms with E-state index in [4.69, 9.17) is 10.5 Å². The average molecular weight is 327 g/mol. The lowest BCUT2D eigenvalue weighted by Crippen LogP contribution is -2.37. The zero-order valence-corrected chi connectivity index (χ0v) is 13.9. The zero-order valence-electron chi connectivity index (χ0n) is 13.9. The maximum atomic E-state index is 13.0. The fourth-order valence-electron chi connectivity index (χ4n) is 3.67. The number of rotatable bonds is 1. The summed E-state index contributed by atoms with van der Waals surface area (Å²) in [5.41, 5.74) is 10.5. The zero-order chi connectivity index (χ0) is 16.8. The van der Waals surface area contributed by atoms with Crippen LogP contribution in [-0.4, -0.2) is 38.6 Å². The van der Waals surface area contributed by atoms with Crippen molar-refractivity contribution in [3.05, 3.63) is 40.3 Å². The van der Waals surface area contributed by atoms with E-state index in [1.54, 1.807) is 6.20 Å². The summed E-state index contributed by atoms with van der Waals surface area (Å²) in [6.07, 6.45) is 3.22. The molecule has 2 aromatic rings. The fourth-order valence-corrected chi connectivity index (χ4v) is 3.67. The number of fused-ring (bicyclic) bond motifs is 2. The normalized spacial score (nSPS) is 22.8. The van der Waals surface area contributed by atoms with Crippen LogP contribution in [0, 0.1) is 0 Å². The van der Waals surface area contributed by atoms with E-state index >= 15 is 0 Å². The summed E-state index contributed by atoms with van der Waals surface area (Å²) in [5.74, 6) is 0.451. The van der Waals surface area contributed by atoms with E-state index in [9.17, 15) is 4.79 Å². The highest BCUT2D eigenvalue weighted by Gasteiger charge is 2.32. The Hall–Kier alpha value is -2.41. The van der Waals surface area contributed by atoms with Crippen molar-refractivity contribution in [2.45, 2.75) is 45.4 Å². The number of ether oxygens (including phenoxy) is 1. The summed E-state index contributed by atoms with van der Waals surface area (Å²) >= 11 is 0. The van der Waals surface area contributed by atoms with Gasteiger partial charge in [0, 0.05) is 36.8 Å². The van der Waals surface area contributed by atoms with Gasteiger partial charge in [0.25, 0.3) is 5.91 Å². The van der Waals surface area contributed by atoms with Crippen LogP contribution in [-0.2, 0) is 24.1 Å². The molecule has 7 nitrogen and oxygen atoms in total. The van der Waals surface area contributed by atoms with Crippen LogP contribution < -0.4 is 5.73 Å². The van der Waals surface area contributed by atoms with Gasteiger partial charge in [0.05, 0.1) is 17.9 Å². The molecule has 126 valence electrons. The molecule has 2 atom stereocenters. The van der Waals surface area contributed by atoms with Crippen LogP contribution >= 0.6 is 0 Å². The molecular formula is C17H21N5O2. The summed E-state index contributed by atoms with van der Waals surface area (Å²) in [7, 11) is 0. The molecule has 4 heterocycles. The molecule has 2 aliphatic rings. The predicted octanol–water partition coefficient (Wildman–Crippen LogP) is 1.61. The van der Waals surface area contributed by atoms with Gasteiger partial charge in [0.1, 0.15) is 5.82 Å². The number of nitrogens with one attached hydrogen (secondary N) is 1. The van der Waals surface area contributed by atoms with Crippen molar-refractivity contribution in [2.75, 3.05) is 12.3 Å². The first-order valence-corrected chi connectivity index (χ1v) is 8.28. The number of nitrogen functional groups attached to an aromatic ring is 1. The monoisotopic (exact) mass is 327 g/mol. The first kappa shape index (κ1) is 15.1. The lowest BCUT2D eigenvalue weighted by atomic mass is 9.97. The number of carbonyl (C=O) groups excluding carboxylic acids is 1. The molecule has 2 aromatic heterocycles. The van der Waals surface area contributed by atoms with Crippen LogP contribution in [0.4, 0.5) is 5.82 Å². The van der Waals surface area contributed by atoms with Crippen molar-refractivity contribution in [1.82, 2.24) is 20.1 Å². The highest BCUT2D eigenvalue weighted by atomic mass is 16.5. The molecule has 0 spiro atoms. The molecule has 3 N–H and O–H groups in total. The lowest BCUT2D eigenvalue weighted by molar-refractivity contribution is -0.00702. The second-order valence-corrected chi connectivity index (χ2v) is 6.57. The van der Waals surface area contributed by atoms with Gasteiger partial charge in [-0.1, -0.05) is 0 Å². The van der Waals surface area contributed by atoms with Gasteiger partial charge < -0.3 is 15.4 Å². The van der Waals surface area contributed by atoms with E-state index < -0.39 is 0 Å². The van der Waals surface area contributed by atoms with Crippen LogP contribution in [0.2, 0.25) is 0 Å².